The molecule has 8 nitrogen and oxygen atoms in total. The summed E-state index contributed by atoms with van der Waals surface area (Å²) in [6.07, 6.45) is 1.33. The van der Waals surface area contributed by atoms with Gasteiger partial charge in [-0.2, -0.15) is 5.26 Å². The number of nitrogens with zero attached hydrogens (tertiary/aromatic N) is 2. The minimum atomic E-state index is -4.17. The molecule has 2 aromatic carbocycles. The number of amides is 1. The molecule has 0 aliphatic heterocycles. The lowest BCUT2D eigenvalue weighted by Gasteiger charge is -2.28. The molecular weight excluding hydrogens is 516 g/mol. The summed E-state index contributed by atoms with van der Waals surface area (Å²) in [4.78, 5) is 14.0. The van der Waals surface area contributed by atoms with E-state index in [4.69, 9.17) is 9.47 Å². The van der Waals surface area contributed by atoms with Gasteiger partial charge < -0.3 is 19.5 Å². The first-order chi connectivity index (χ1) is 18.1. The van der Waals surface area contributed by atoms with Crippen LogP contribution in [0.15, 0.2) is 46.2 Å². The van der Waals surface area contributed by atoms with Gasteiger partial charge in [0.05, 0.1) is 18.1 Å². The molecule has 0 radical (unpaired) electrons. The van der Waals surface area contributed by atoms with Gasteiger partial charge in [0.25, 0.3) is 5.91 Å². The van der Waals surface area contributed by atoms with Crippen LogP contribution in [0.5, 0.6) is 5.75 Å². The molecule has 0 aliphatic rings. The molecule has 212 valence electrons. The summed E-state index contributed by atoms with van der Waals surface area (Å²) in [5.41, 5.74) is 1.30. The van der Waals surface area contributed by atoms with Gasteiger partial charge in [0, 0.05) is 44.0 Å². The number of rotatable bonds is 10. The van der Waals surface area contributed by atoms with Crippen molar-refractivity contribution in [3.05, 3.63) is 63.6 Å². The third-order valence-electron chi connectivity index (χ3n) is 6.28. The molecule has 0 spiro atoms. The zero-order valence-electron chi connectivity index (χ0n) is 24.2. The highest BCUT2D eigenvalue weighted by Crippen LogP contribution is 2.40. The van der Waals surface area contributed by atoms with Gasteiger partial charge >= 0.3 is 0 Å². The normalized spacial score (nSPS) is 12.7. The summed E-state index contributed by atoms with van der Waals surface area (Å²) in [5, 5.41) is 20.8. The Morgan fingerprint density at radius 1 is 0.949 bits per heavy atom. The van der Waals surface area contributed by atoms with E-state index in [9.17, 15) is 23.6 Å². The van der Waals surface area contributed by atoms with Crippen molar-refractivity contribution < 1.29 is 27.8 Å². The summed E-state index contributed by atoms with van der Waals surface area (Å²) in [6.45, 7) is 13.2. The number of carbonyl (C=O) groups excluding carboxylic acids is 1. The van der Waals surface area contributed by atoms with Gasteiger partial charge in [0.2, 0.25) is 9.84 Å². The second kappa shape index (κ2) is 12.8. The zero-order valence-corrected chi connectivity index (χ0v) is 25.0. The van der Waals surface area contributed by atoms with Gasteiger partial charge in [0.15, 0.2) is 0 Å². The Bertz CT molecular complexity index is 1300. The van der Waals surface area contributed by atoms with Gasteiger partial charge in [-0.25, -0.2) is 8.42 Å². The first kappa shape index (κ1) is 32.0. The number of phenolic OH excluding ortho intramolecular Hbond substituents is 1. The lowest BCUT2D eigenvalue weighted by Crippen LogP contribution is -2.36. The molecule has 0 unspecified atom stereocenters. The predicted octanol–water partition coefficient (Wildman–Crippen LogP) is 5.06. The number of sulfone groups is 1. The number of hydrogen-bond donors (Lipinski definition) is 1. The Balaban J connectivity index is 2.51. The van der Waals surface area contributed by atoms with Crippen molar-refractivity contribution in [2.24, 2.45) is 0 Å². The van der Waals surface area contributed by atoms with E-state index in [1.54, 1.807) is 31.3 Å². The number of methoxy groups -OCH3 is 2. The molecule has 2 rings (SSSR count). The van der Waals surface area contributed by atoms with Crippen molar-refractivity contribution in [2.45, 2.75) is 57.3 Å². The van der Waals surface area contributed by atoms with E-state index in [0.717, 1.165) is 0 Å². The minimum absolute atomic E-state index is 0.0990. The molecular formula is C30H40N2O6S. The van der Waals surface area contributed by atoms with Gasteiger partial charge in [-0.05, 0) is 58.9 Å². The van der Waals surface area contributed by atoms with Gasteiger partial charge in [0.1, 0.15) is 16.7 Å². The summed E-state index contributed by atoms with van der Waals surface area (Å²) < 4.78 is 37.0. The van der Waals surface area contributed by atoms with Crippen molar-refractivity contribution in [1.82, 2.24) is 4.90 Å². The Hall–Kier alpha value is -3.19. The smallest absolute Gasteiger partial charge is 0.254 e. The number of phenols is 1. The van der Waals surface area contributed by atoms with E-state index in [0.29, 0.717) is 48.6 Å². The highest BCUT2D eigenvalue weighted by molar-refractivity contribution is 7.95. The third kappa shape index (κ3) is 7.91. The van der Waals surface area contributed by atoms with Crippen molar-refractivity contribution >= 4 is 21.8 Å². The second-order valence-corrected chi connectivity index (χ2v) is 13.3. The molecule has 1 amide bonds. The lowest BCUT2D eigenvalue weighted by atomic mass is 9.78. The quantitative estimate of drug-likeness (QED) is 0.407. The first-order valence-electron chi connectivity index (χ1n) is 12.7. The Labute approximate surface area is 232 Å². The number of benzene rings is 2. The van der Waals surface area contributed by atoms with Gasteiger partial charge in [-0.15, -0.1) is 0 Å². The average molecular weight is 557 g/mol. The Kier molecular flexibility index (Phi) is 10.5. The van der Waals surface area contributed by atoms with Gasteiger partial charge in [-0.1, -0.05) is 41.5 Å². The van der Waals surface area contributed by atoms with Crippen LogP contribution in [0.2, 0.25) is 0 Å². The average Bonchev–Trinajstić information content (AvgIpc) is 2.86. The van der Waals surface area contributed by atoms with Crippen molar-refractivity contribution in [2.75, 3.05) is 40.5 Å². The van der Waals surface area contributed by atoms with Crippen LogP contribution in [0.1, 0.15) is 68.6 Å². The summed E-state index contributed by atoms with van der Waals surface area (Å²) in [5.74, 6) is -0.114. The molecule has 39 heavy (non-hydrogen) atoms. The number of aromatic hydroxyl groups is 1. The van der Waals surface area contributed by atoms with E-state index in [1.165, 1.54) is 30.3 Å². The maximum absolute atomic E-state index is 13.4. The molecule has 1 N–H and O–H groups in total. The molecule has 0 bridgehead atoms. The molecule has 0 aliphatic carbocycles. The van der Waals surface area contributed by atoms with E-state index in [-0.39, 0.29) is 16.6 Å². The fourth-order valence-corrected chi connectivity index (χ4v) is 5.17. The molecule has 2 aromatic rings. The van der Waals surface area contributed by atoms with E-state index >= 15 is 0 Å². The van der Waals surface area contributed by atoms with E-state index in [1.807, 2.05) is 47.6 Å². The largest absolute Gasteiger partial charge is 0.507 e. The van der Waals surface area contributed by atoms with Crippen LogP contribution in [0.4, 0.5) is 0 Å². The summed E-state index contributed by atoms with van der Waals surface area (Å²) in [6, 6.07) is 10.8. The molecule has 0 atom stereocenters. The second-order valence-electron chi connectivity index (χ2n) is 11.4. The number of allylic oxidation sites excluding steroid dienone is 1. The highest BCUT2D eigenvalue weighted by atomic mass is 32.2. The summed E-state index contributed by atoms with van der Waals surface area (Å²) >= 11 is 0. The SMILES string of the molecule is COCCN(CCOC)C(=O)c1ccc(S(=O)(=O)/C(C#N)=C/c2cc(C(C)(C)C)c(O)c(C(C)(C)C)c2)cc1. The monoisotopic (exact) mass is 556 g/mol. The predicted molar refractivity (Wildman–Crippen MR) is 152 cm³/mol. The van der Waals surface area contributed by atoms with E-state index in [2.05, 4.69) is 0 Å². The Morgan fingerprint density at radius 3 is 1.79 bits per heavy atom. The van der Waals surface area contributed by atoms with Crippen LogP contribution in [-0.4, -0.2) is 64.9 Å². The third-order valence-corrected chi connectivity index (χ3v) is 7.96. The van der Waals surface area contributed by atoms with Crippen molar-refractivity contribution in [3.63, 3.8) is 0 Å². The number of hydrogen-bond acceptors (Lipinski definition) is 7. The molecule has 0 fully saturated rings. The van der Waals surface area contributed by atoms with Gasteiger partial charge in [-0.3, -0.25) is 4.79 Å². The lowest BCUT2D eigenvalue weighted by molar-refractivity contribution is 0.0627. The summed E-state index contributed by atoms with van der Waals surface area (Å²) in [7, 11) is -1.08. The zero-order chi connectivity index (χ0) is 29.6. The fraction of sp³-hybridized carbons (Fsp3) is 0.467. The number of carbonyl (C=O) groups is 1. The van der Waals surface area contributed by atoms with Crippen LogP contribution in [-0.2, 0) is 30.1 Å². The number of nitriles is 1. The topological polar surface area (TPSA) is 117 Å². The fourth-order valence-electron chi connectivity index (χ4n) is 4.01. The van der Waals surface area contributed by atoms with Crippen LogP contribution in [0.25, 0.3) is 6.08 Å². The van der Waals surface area contributed by atoms with Crippen LogP contribution in [0, 0.1) is 11.3 Å². The molecule has 0 saturated carbocycles. The molecule has 9 heteroatoms. The molecule has 0 heterocycles. The van der Waals surface area contributed by atoms with Crippen molar-refractivity contribution in [1.29, 1.82) is 5.26 Å². The minimum Gasteiger partial charge on any atom is -0.507 e. The van der Waals surface area contributed by atoms with Crippen molar-refractivity contribution in [3.8, 4) is 11.8 Å². The maximum Gasteiger partial charge on any atom is 0.254 e. The highest BCUT2D eigenvalue weighted by Gasteiger charge is 2.28. The first-order valence-corrected chi connectivity index (χ1v) is 14.2. The standard InChI is InChI=1S/C30H40N2O6S/c1-29(2,3)25-18-21(19-26(27(25)33)30(4,5)6)17-24(20-31)39(35,36)23-11-9-22(10-12-23)28(34)32(13-15-37-7)14-16-38-8/h9-12,17-19,33H,13-16H2,1-8H3/b24-17+. The molecule has 0 aromatic heterocycles. The van der Waals surface area contributed by atoms with E-state index < -0.39 is 25.6 Å². The number of ether oxygens (including phenoxy) is 2. The Morgan fingerprint density at radius 2 is 1.41 bits per heavy atom. The van der Waals surface area contributed by atoms with Crippen LogP contribution in [0.3, 0.4) is 0 Å². The van der Waals surface area contributed by atoms with Crippen LogP contribution >= 0.6 is 0 Å². The van der Waals surface area contributed by atoms with Crippen LogP contribution < -0.4 is 0 Å². The molecule has 0 saturated heterocycles. The maximum atomic E-state index is 13.4.